The van der Waals surface area contributed by atoms with Crippen LogP contribution in [0.4, 0.5) is 13.2 Å². The lowest BCUT2D eigenvalue weighted by Gasteiger charge is -2.29. The van der Waals surface area contributed by atoms with Crippen LogP contribution in [-0.4, -0.2) is 12.6 Å². The first kappa shape index (κ1) is 14.5. The fraction of sp³-hybridized carbons (Fsp3) is 0.538. The van der Waals surface area contributed by atoms with Crippen molar-refractivity contribution in [3.63, 3.8) is 0 Å². The Hall–Kier alpha value is -0.940. The molecule has 0 aromatic heterocycles. The maximum Gasteiger partial charge on any atom is 0.416 e. The van der Waals surface area contributed by atoms with Crippen LogP contribution in [0.5, 0.6) is 5.75 Å². The van der Waals surface area contributed by atoms with E-state index in [0.29, 0.717) is 11.7 Å². The number of alkyl halides is 3. The summed E-state index contributed by atoms with van der Waals surface area (Å²) in [6.45, 7) is 2.99. The molecule has 1 saturated heterocycles. The molecule has 2 aliphatic rings. The topological polar surface area (TPSA) is 21.3 Å². The molecule has 106 valence electrons. The van der Waals surface area contributed by atoms with Gasteiger partial charge < -0.3 is 10.1 Å². The normalized spacial score (nSPS) is 28.9. The third-order valence-corrected chi connectivity index (χ3v) is 3.65. The predicted octanol–water partition coefficient (Wildman–Crippen LogP) is 3.56. The van der Waals surface area contributed by atoms with Crippen LogP contribution in [0.25, 0.3) is 0 Å². The molecule has 2 aliphatic heterocycles. The standard InChI is InChI=1S/C13H14F3NO.ClH/c1-7-4-11-12(17-6-7)9-3-2-8(13(14,15)16)5-10(9)18-11;/h2-3,5,7,11-12,17H,4,6H2,1H3;1H/t7-,11?,12?;/m0./s1. The first-order valence-corrected chi connectivity index (χ1v) is 6.06. The third-order valence-electron chi connectivity index (χ3n) is 3.65. The summed E-state index contributed by atoms with van der Waals surface area (Å²) in [4.78, 5) is 0. The molecule has 1 N–H and O–H groups in total. The summed E-state index contributed by atoms with van der Waals surface area (Å²) in [7, 11) is 0. The van der Waals surface area contributed by atoms with Crippen molar-refractivity contribution >= 4 is 12.4 Å². The van der Waals surface area contributed by atoms with Gasteiger partial charge in [-0.15, -0.1) is 12.4 Å². The summed E-state index contributed by atoms with van der Waals surface area (Å²) in [5.74, 6) is 0.865. The van der Waals surface area contributed by atoms with Crippen LogP contribution in [0.2, 0.25) is 0 Å². The Morgan fingerprint density at radius 3 is 2.74 bits per heavy atom. The van der Waals surface area contributed by atoms with Gasteiger partial charge in [0, 0.05) is 5.56 Å². The Labute approximate surface area is 115 Å². The van der Waals surface area contributed by atoms with Gasteiger partial charge in [0.1, 0.15) is 11.9 Å². The second-order valence-electron chi connectivity index (χ2n) is 5.13. The van der Waals surface area contributed by atoms with Crippen molar-refractivity contribution in [1.29, 1.82) is 0 Å². The van der Waals surface area contributed by atoms with Gasteiger partial charge in [0.05, 0.1) is 11.6 Å². The van der Waals surface area contributed by atoms with Crippen LogP contribution in [0.15, 0.2) is 18.2 Å². The summed E-state index contributed by atoms with van der Waals surface area (Å²) < 4.78 is 43.5. The number of nitrogens with one attached hydrogen (secondary N) is 1. The number of hydrogen-bond donors (Lipinski definition) is 1. The lowest BCUT2D eigenvalue weighted by molar-refractivity contribution is -0.137. The Balaban J connectivity index is 0.00000133. The van der Waals surface area contributed by atoms with E-state index < -0.39 is 11.7 Å². The van der Waals surface area contributed by atoms with Crippen molar-refractivity contribution in [2.24, 2.45) is 5.92 Å². The van der Waals surface area contributed by atoms with Crippen LogP contribution in [0.3, 0.4) is 0 Å². The predicted molar refractivity (Wildman–Crippen MR) is 67.6 cm³/mol. The highest BCUT2D eigenvalue weighted by molar-refractivity contribution is 5.85. The Bertz CT molecular complexity index is 477. The lowest BCUT2D eigenvalue weighted by atomic mass is 9.91. The van der Waals surface area contributed by atoms with E-state index in [0.717, 1.165) is 30.7 Å². The second-order valence-corrected chi connectivity index (χ2v) is 5.13. The quantitative estimate of drug-likeness (QED) is 0.790. The molecule has 0 aliphatic carbocycles. The van der Waals surface area contributed by atoms with Gasteiger partial charge >= 0.3 is 6.18 Å². The van der Waals surface area contributed by atoms with Crippen LogP contribution in [0.1, 0.15) is 30.5 Å². The molecule has 0 amide bonds. The van der Waals surface area contributed by atoms with E-state index in [1.165, 1.54) is 6.07 Å². The molecule has 0 saturated carbocycles. The molecule has 2 unspecified atom stereocenters. The number of piperidine rings is 1. The molecule has 1 aromatic carbocycles. The first-order chi connectivity index (χ1) is 8.45. The van der Waals surface area contributed by atoms with Gasteiger partial charge in [0.2, 0.25) is 0 Å². The number of hydrogen-bond acceptors (Lipinski definition) is 2. The summed E-state index contributed by atoms with van der Waals surface area (Å²) in [5.41, 5.74) is 0.202. The zero-order valence-electron chi connectivity index (χ0n) is 10.3. The van der Waals surface area contributed by atoms with E-state index in [1.807, 2.05) is 0 Å². The van der Waals surface area contributed by atoms with Gasteiger partial charge in [0.25, 0.3) is 0 Å². The van der Waals surface area contributed by atoms with E-state index in [4.69, 9.17) is 4.74 Å². The maximum absolute atomic E-state index is 12.6. The Morgan fingerprint density at radius 1 is 1.32 bits per heavy atom. The minimum absolute atomic E-state index is 0. The van der Waals surface area contributed by atoms with E-state index in [-0.39, 0.29) is 24.6 Å². The van der Waals surface area contributed by atoms with Crippen LogP contribution in [-0.2, 0) is 6.18 Å². The molecule has 1 fully saturated rings. The number of rotatable bonds is 0. The van der Waals surface area contributed by atoms with Gasteiger partial charge in [-0.25, -0.2) is 0 Å². The summed E-state index contributed by atoms with van der Waals surface area (Å²) in [6.07, 6.45) is -3.46. The number of fused-ring (bicyclic) bond motifs is 3. The van der Waals surface area contributed by atoms with Crippen molar-refractivity contribution < 1.29 is 17.9 Å². The summed E-state index contributed by atoms with van der Waals surface area (Å²) in [5, 5.41) is 3.34. The molecule has 0 spiro atoms. The SMILES string of the molecule is C[C@@H]1CNC2c3ccc(C(F)(F)F)cc3OC2C1.Cl. The van der Waals surface area contributed by atoms with Gasteiger partial charge in [-0.2, -0.15) is 13.2 Å². The molecule has 3 atom stereocenters. The minimum atomic E-state index is -4.31. The highest BCUT2D eigenvalue weighted by Gasteiger charge is 2.40. The van der Waals surface area contributed by atoms with E-state index in [1.54, 1.807) is 0 Å². The van der Waals surface area contributed by atoms with E-state index >= 15 is 0 Å². The highest BCUT2D eigenvalue weighted by atomic mass is 35.5. The Kier molecular flexibility index (Phi) is 3.71. The largest absolute Gasteiger partial charge is 0.488 e. The van der Waals surface area contributed by atoms with Crippen LogP contribution >= 0.6 is 12.4 Å². The van der Waals surface area contributed by atoms with Crippen molar-refractivity contribution in [3.05, 3.63) is 29.3 Å². The molecule has 0 bridgehead atoms. The molecule has 2 heterocycles. The third kappa shape index (κ3) is 2.54. The number of ether oxygens (including phenoxy) is 1. The number of halogens is 4. The molecule has 1 aromatic rings. The lowest BCUT2D eigenvalue weighted by Crippen LogP contribution is -2.41. The molecular formula is C13H15ClF3NO. The number of benzene rings is 1. The van der Waals surface area contributed by atoms with Gasteiger partial charge in [0.15, 0.2) is 0 Å². The van der Waals surface area contributed by atoms with Crippen molar-refractivity contribution in [2.75, 3.05) is 6.54 Å². The van der Waals surface area contributed by atoms with Gasteiger partial charge in [-0.05, 0) is 31.0 Å². The highest BCUT2D eigenvalue weighted by Crippen LogP contribution is 2.43. The molecule has 3 rings (SSSR count). The van der Waals surface area contributed by atoms with Crippen molar-refractivity contribution in [2.45, 2.75) is 31.7 Å². The van der Waals surface area contributed by atoms with Gasteiger partial charge in [-0.3, -0.25) is 0 Å². The summed E-state index contributed by atoms with van der Waals surface area (Å²) in [6, 6.07) is 3.81. The van der Waals surface area contributed by atoms with Crippen LogP contribution < -0.4 is 10.1 Å². The van der Waals surface area contributed by atoms with Crippen molar-refractivity contribution in [1.82, 2.24) is 5.32 Å². The monoisotopic (exact) mass is 293 g/mol. The average molecular weight is 294 g/mol. The van der Waals surface area contributed by atoms with E-state index in [9.17, 15) is 13.2 Å². The minimum Gasteiger partial charge on any atom is -0.488 e. The molecule has 0 radical (unpaired) electrons. The van der Waals surface area contributed by atoms with Gasteiger partial charge in [-0.1, -0.05) is 13.0 Å². The fourth-order valence-corrected chi connectivity index (χ4v) is 2.73. The maximum atomic E-state index is 12.6. The fourth-order valence-electron chi connectivity index (χ4n) is 2.73. The second kappa shape index (κ2) is 4.87. The Morgan fingerprint density at radius 2 is 2.05 bits per heavy atom. The summed E-state index contributed by atoms with van der Waals surface area (Å²) >= 11 is 0. The molecule has 6 heteroatoms. The first-order valence-electron chi connectivity index (χ1n) is 6.06. The van der Waals surface area contributed by atoms with E-state index in [2.05, 4.69) is 12.2 Å². The van der Waals surface area contributed by atoms with Crippen molar-refractivity contribution in [3.8, 4) is 5.75 Å². The molecule has 2 nitrogen and oxygen atoms in total. The zero-order valence-corrected chi connectivity index (χ0v) is 11.1. The molecular weight excluding hydrogens is 279 g/mol. The molecule has 19 heavy (non-hydrogen) atoms. The van der Waals surface area contributed by atoms with Crippen LogP contribution in [0, 0.1) is 5.92 Å². The zero-order chi connectivity index (χ0) is 12.9. The smallest absolute Gasteiger partial charge is 0.416 e. The average Bonchev–Trinajstić information content (AvgIpc) is 2.63.